The van der Waals surface area contributed by atoms with Crippen LogP contribution in [0.4, 0.5) is 17.1 Å². The zero-order valence-electron chi connectivity index (χ0n) is 37.7. The van der Waals surface area contributed by atoms with Gasteiger partial charge in [-0.3, -0.25) is 0 Å². The van der Waals surface area contributed by atoms with Crippen molar-refractivity contribution in [3.8, 4) is 66.8 Å². The van der Waals surface area contributed by atoms with Crippen molar-refractivity contribution in [3.05, 3.63) is 283 Å². The molecule has 0 fully saturated rings. The molecule has 2 aliphatic carbocycles. The molecule has 0 amide bonds. The Labute approximate surface area is 401 Å². The fourth-order valence-electron chi connectivity index (χ4n) is 11.9. The SMILES string of the molecule is c1ccc(-c2ccccc2-c2c(-c3ccccc3)cccc2N(c2ccc3c(c2)-c2ccccc2C32c3ccccc3-c3ccccc32)c2ccccc2-c2cccc3c2oc2ccccc23)cc1. The van der Waals surface area contributed by atoms with E-state index < -0.39 is 5.41 Å². The van der Waals surface area contributed by atoms with E-state index in [4.69, 9.17) is 4.42 Å². The lowest BCUT2D eigenvalue weighted by Gasteiger charge is -2.33. The van der Waals surface area contributed by atoms with Crippen molar-refractivity contribution >= 4 is 39.0 Å². The number of rotatable bonds is 7. The highest BCUT2D eigenvalue weighted by Gasteiger charge is 2.51. The lowest BCUT2D eigenvalue weighted by atomic mass is 9.70. The van der Waals surface area contributed by atoms with Gasteiger partial charge < -0.3 is 9.32 Å². The second kappa shape index (κ2) is 15.6. The molecule has 69 heavy (non-hydrogen) atoms. The summed E-state index contributed by atoms with van der Waals surface area (Å²) in [5, 5.41) is 2.21. The molecule has 12 aromatic rings. The molecular formula is C67H43NO. The summed E-state index contributed by atoms with van der Waals surface area (Å²) in [6.07, 6.45) is 0. The van der Waals surface area contributed by atoms with Crippen molar-refractivity contribution in [1.82, 2.24) is 0 Å². The van der Waals surface area contributed by atoms with Gasteiger partial charge in [-0.05, 0) is 103 Å². The number of fused-ring (bicyclic) bond motifs is 13. The first-order valence-corrected chi connectivity index (χ1v) is 23.8. The van der Waals surface area contributed by atoms with Crippen molar-refractivity contribution in [2.24, 2.45) is 0 Å². The smallest absolute Gasteiger partial charge is 0.143 e. The Kier molecular flexibility index (Phi) is 8.84. The second-order valence-corrected chi connectivity index (χ2v) is 18.2. The first-order chi connectivity index (χ1) is 34.3. The summed E-state index contributed by atoms with van der Waals surface area (Å²) < 4.78 is 6.81. The highest BCUT2D eigenvalue weighted by Crippen LogP contribution is 2.63. The molecule has 0 saturated heterocycles. The fraction of sp³-hybridized carbons (Fsp3) is 0.0149. The molecule has 2 aliphatic rings. The number of hydrogen-bond donors (Lipinski definition) is 0. The first-order valence-electron chi connectivity index (χ1n) is 23.8. The number of benzene rings is 11. The Hall–Kier alpha value is -8.98. The molecule has 11 aromatic carbocycles. The van der Waals surface area contributed by atoms with Gasteiger partial charge in [0.1, 0.15) is 11.2 Å². The van der Waals surface area contributed by atoms with Crippen LogP contribution in [0.1, 0.15) is 22.3 Å². The fourth-order valence-corrected chi connectivity index (χ4v) is 11.9. The van der Waals surface area contributed by atoms with Gasteiger partial charge in [0.15, 0.2) is 0 Å². The lowest BCUT2D eigenvalue weighted by Crippen LogP contribution is -2.25. The minimum absolute atomic E-state index is 0.454. The molecule has 1 aromatic heterocycles. The topological polar surface area (TPSA) is 16.4 Å². The Balaban J connectivity index is 1.09. The standard InChI is InChI=1S/C67H43NO/c1-3-21-44(22-4-1)47-25-7-8-31-54(47)65-48(45-23-5-2-6-24-45)32-20-39-63(65)68(62-38-17-12-29-52(62)55-33-19-34-56-53-30-13-18-40-64(53)69-66(55)56)46-41-42-61-57(43-46)51-28-11-16-37-60(51)67(61)58-35-14-9-26-49(58)50-27-10-15-36-59(50)67/h1-43H. The molecule has 0 N–H and O–H groups in total. The zero-order chi connectivity index (χ0) is 45.5. The Morgan fingerprint density at radius 3 is 1.45 bits per heavy atom. The summed E-state index contributed by atoms with van der Waals surface area (Å²) in [7, 11) is 0. The third kappa shape index (κ3) is 5.79. The molecule has 14 rings (SSSR count). The van der Waals surface area contributed by atoms with Crippen LogP contribution in [0.2, 0.25) is 0 Å². The molecule has 1 spiro atoms. The van der Waals surface area contributed by atoms with E-state index >= 15 is 0 Å². The summed E-state index contributed by atoms with van der Waals surface area (Å²) >= 11 is 0. The van der Waals surface area contributed by atoms with E-state index in [9.17, 15) is 0 Å². The number of hydrogen-bond acceptors (Lipinski definition) is 2. The predicted molar refractivity (Wildman–Crippen MR) is 286 cm³/mol. The monoisotopic (exact) mass is 877 g/mol. The highest BCUT2D eigenvalue weighted by atomic mass is 16.3. The first kappa shape index (κ1) is 39.2. The number of para-hydroxylation sites is 3. The molecule has 0 radical (unpaired) electrons. The number of furan rings is 1. The van der Waals surface area contributed by atoms with Crippen molar-refractivity contribution in [2.45, 2.75) is 5.41 Å². The quantitative estimate of drug-likeness (QED) is 0.159. The Morgan fingerprint density at radius 2 is 0.754 bits per heavy atom. The third-order valence-corrected chi connectivity index (χ3v) is 14.7. The van der Waals surface area contributed by atoms with Crippen molar-refractivity contribution in [1.29, 1.82) is 0 Å². The zero-order valence-corrected chi connectivity index (χ0v) is 37.7. The summed E-state index contributed by atoms with van der Waals surface area (Å²) in [5.74, 6) is 0. The van der Waals surface area contributed by atoms with Crippen molar-refractivity contribution < 1.29 is 4.42 Å². The largest absolute Gasteiger partial charge is 0.455 e. The minimum Gasteiger partial charge on any atom is -0.455 e. The number of anilines is 3. The van der Waals surface area contributed by atoms with E-state index in [1.165, 1.54) is 55.6 Å². The normalized spacial score (nSPS) is 12.8. The van der Waals surface area contributed by atoms with Gasteiger partial charge in [-0.2, -0.15) is 0 Å². The summed E-state index contributed by atoms with van der Waals surface area (Å²) in [5.41, 5.74) is 23.9. The van der Waals surface area contributed by atoms with E-state index in [1.54, 1.807) is 0 Å². The maximum absolute atomic E-state index is 6.81. The maximum Gasteiger partial charge on any atom is 0.143 e. The molecule has 0 atom stereocenters. The van der Waals surface area contributed by atoms with Crippen LogP contribution in [-0.2, 0) is 5.41 Å². The van der Waals surface area contributed by atoms with Gasteiger partial charge in [0.05, 0.1) is 16.8 Å². The van der Waals surface area contributed by atoms with Gasteiger partial charge in [-0.25, -0.2) is 0 Å². The molecule has 1 heterocycles. The Morgan fingerprint density at radius 1 is 0.290 bits per heavy atom. The van der Waals surface area contributed by atoms with Crippen LogP contribution in [0.3, 0.4) is 0 Å². The minimum atomic E-state index is -0.454. The van der Waals surface area contributed by atoms with E-state index in [-0.39, 0.29) is 0 Å². The second-order valence-electron chi connectivity index (χ2n) is 18.2. The summed E-state index contributed by atoms with van der Waals surface area (Å²) in [6, 6.07) is 95.6. The van der Waals surface area contributed by atoms with E-state index in [1.807, 2.05) is 6.07 Å². The van der Waals surface area contributed by atoms with Crippen LogP contribution < -0.4 is 4.90 Å². The van der Waals surface area contributed by atoms with Crippen LogP contribution >= 0.6 is 0 Å². The van der Waals surface area contributed by atoms with Gasteiger partial charge in [-0.15, -0.1) is 0 Å². The molecule has 322 valence electrons. The van der Waals surface area contributed by atoms with E-state index in [2.05, 4.69) is 260 Å². The van der Waals surface area contributed by atoms with E-state index in [0.717, 1.165) is 72.4 Å². The maximum atomic E-state index is 6.81. The average Bonchev–Trinajstić information content (AvgIpc) is 4.06. The Bertz CT molecular complexity index is 3930. The van der Waals surface area contributed by atoms with Crippen molar-refractivity contribution in [2.75, 3.05) is 4.90 Å². The molecule has 2 nitrogen and oxygen atoms in total. The molecule has 0 aliphatic heterocycles. The molecule has 0 saturated carbocycles. The van der Waals surface area contributed by atoms with Crippen molar-refractivity contribution in [3.63, 3.8) is 0 Å². The van der Waals surface area contributed by atoms with E-state index in [0.29, 0.717) is 0 Å². The van der Waals surface area contributed by atoms with Gasteiger partial charge in [-0.1, -0.05) is 231 Å². The predicted octanol–water partition coefficient (Wildman–Crippen LogP) is 18.1. The average molecular weight is 878 g/mol. The molecule has 0 unspecified atom stereocenters. The highest BCUT2D eigenvalue weighted by molar-refractivity contribution is 6.11. The van der Waals surface area contributed by atoms with Crippen LogP contribution in [0.25, 0.3) is 88.7 Å². The van der Waals surface area contributed by atoms with Crippen LogP contribution in [0.15, 0.2) is 265 Å². The molecule has 0 bridgehead atoms. The van der Waals surface area contributed by atoms with Gasteiger partial charge in [0, 0.05) is 33.2 Å². The lowest BCUT2D eigenvalue weighted by molar-refractivity contribution is 0.670. The summed E-state index contributed by atoms with van der Waals surface area (Å²) in [4.78, 5) is 2.52. The van der Waals surface area contributed by atoms with Crippen LogP contribution in [-0.4, -0.2) is 0 Å². The number of nitrogens with zero attached hydrogens (tertiary/aromatic N) is 1. The van der Waals surface area contributed by atoms with Crippen LogP contribution in [0, 0.1) is 0 Å². The summed E-state index contributed by atoms with van der Waals surface area (Å²) in [6.45, 7) is 0. The molecular weight excluding hydrogens is 835 g/mol. The van der Waals surface area contributed by atoms with Gasteiger partial charge in [0.2, 0.25) is 0 Å². The van der Waals surface area contributed by atoms with Gasteiger partial charge >= 0.3 is 0 Å². The van der Waals surface area contributed by atoms with Gasteiger partial charge in [0.25, 0.3) is 0 Å². The van der Waals surface area contributed by atoms with Crippen LogP contribution in [0.5, 0.6) is 0 Å². The molecule has 2 heteroatoms. The third-order valence-electron chi connectivity index (χ3n) is 14.7.